The van der Waals surface area contributed by atoms with E-state index in [0.717, 1.165) is 6.42 Å². The van der Waals surface area contributed by atoms with Gasteiger partial charge in [-0.1, -0.05) is 6.92 Å². The maximum absolute atomic E-state index is 8.36. The SMILES string of the molecule is CCC(C)O.CCOCCO. The zero-order valence-electron chi connectivity index (χ0n) is 7.71. The number of aliphatic hydroxyl groups is 2. The number of hydrogen-bond donors (Lipinski definition) is 2. The summed E-state index contributed by atoms with van der Waals surface area (Å²) in [6.45, 7) is 6.92. The maximum Gasteiger partial charge on any atom is 0.0697 e. The first-order valence-electron chi connectivity index (χ1n) is 4.05. The fourth-order valence-electron chi connectivity index (χ4n) is 0.209. The lowest BCUT2D eigenvalue weighted by Crippen LogP contribution is -1.96. The fourth-order valence-corrected chi connectivity index (χ4v) is 0.209. The van der Waals surface area contributed by atoms with E-state index in [0.29, 0.717) is 13.2 Å². The van der Waals surface area contributed by atoms with Gasteiger partial charge < -0.3 is 14.9 Å². The standard InChI is InChI=1S/C4H10O2.C4H10O/c1-2-6-4-3-5;1-3-4(2)5/h5H,2-4H2,1H3;4-5H,3H2,1-2H3. The summed E-state index contributed by atoms with van der Waals surface area (Å²) in [5.74, 6) is 0. The predicted molar refractivity (Wildman–Crippen MR) is 45.6 cm³/mol. The van der Waals surface area contributed by atoms with Gasteiger partial charge in [0, 0.05) is 6.61 Å². The predicted octanol–water partition coefficient (Wildman–Crippen LogP) is 0.792. The van der Waals surface area contributed by atoms with Gasteiger partial charge in [-0.2, -0.15) is 0 Å². The first kappa shape index (κ1) is 13.5. The van der Waals surface area contributed by atoms with Crippen LogP contribution in [0.4, 0.5) is 0 Å². The third-order valence-corrected chi connectivity index (χ3v) is 1.03. The van der Waals surface area contributed by atoms with Crippen LogP contribution in [0.3, 0.4) is 0 Å². The van der Waals surface area contributed by atoms with Crippen molar-refractivity contribution >= 4 is 0 Å². The molecule has 0 saturated heterocycles. The smallest absolute Gasteiger partial charge is 0.0697 e. The number of hydrogen-bond acceptors (Lipinski definition) is 3. The Morgan fingerprint density at radius 1 is 1.36 bits per heavy atom. The second kappa shape index (κ2) is 12.5. The molecule has 0 aromatic rings. The molecule has 11 heavy (non-hydrogen) atoms. The molecule has 0 aliphatic heterocycles. The van der Waals surface area contributed by atoms with Gasteiger partial charge >= 0.3 is 0 Å². The normalized spacial score (nSPS) is 11.7. The molecule has 2 N–H and O–H groups in total. The van der Waals surface area contributed by atoms with Crippen molar-refractivity contribution in [3.63, 3.8) is 0 Å². The minimum atomic E-state index is -0.116. The zero-order valence-corrected chi connectivity index (χ0v) is 7.71. The summed E-state index contributed by atoms with van der Waals surface area (Å²) < 4.78 is 4.73. The number of ether oxygens (including phenoxy) is 1. The molecule has 1 atom stereocenters. The van der Waals surface area contributed by atoms with Gasteiger partial charge in [-0.15, -0.1) is 0 Å². The van der Waals surface area contributed by atoms with E-state index < -0.39 is 0 Å². The summed E-state index contributed by atoms with van der Waals surface area (Å²) in [6.07, 6.45) is 0.745. The first-order chi connectivity index (χ1) is 5.18. The Bertz CT molecular complexity index is 51.3. The topological polar surface area (TPSA) is 49.7 Å². The Balaban J connectivity index is 0. The van der Waals surface area contributed by atoms with Gasteiger partial charge in [0.1, 0.15) is 0 Å². The third-order valence-electron chi connectivity index (χ3n) is 1.03. The van der Waals surface area contributed by atoms with E-state index in [1.165, 1.54) is 0 Å². The zero-order chi connectivity index (χ0) is 9.11. The Hall–Kier alpha value is -0.120. The van der Waals surface area contributed by atoms with E-state index in [2.05, 4.69) is 0 Å². The summed E-state index contributed by atoms with van der Waals surface area (Å²) in [4.78, 5) is 0. The van der Waals surface area contributed by atoms with E-state index in [9.17, 15) is 0 Å². The van der Waals surface area contributed by atoms with Crippen molar-refractivity contribution in [2.45, 2.75) is 33.3 Å². The third kappa shape index (κ3) is 25.8. The second-order valence-electron chi connectivity index (χ2n) is 2.18. The molecule has 3 heteroatoms. The van der Waals surface area contributed by atoms with Crippen LogP contribution >= 0.6 is 0 Å². The molecule has 1 unspecified atom stereocenters. The monoisotopic (exact) mass is 164 g/mol. The first-order valence-corrected chi connectivity index (χ1v) is 4.05. The maximum atomic E-state index is 8.36. The van der Waals surface area contributed by atoms with Gasteiger partial charge in [-0.05, 0) is 20.3 Å². The molecule has 0 aromatic heterocycles. The quantitative estimate of drug-likeness (QED) is 0.604. The highest BCUT2D eigenvalue weighted by Crippen LogP contribution is 1.81. The van der Waals surface area contributed by atoms with Crippen LogP contribution in [0, 0.1) is 0 Å². The molecule has 0 saturated carbocycles. The lowest BCUT2D eigenvalue weighted by Gasteiger charge is -1.91. The molecule has 0 spiro atoms. The Morgan fingerprint density at radius 3 is 1.91 bits per heavy atom. The van der Waals surface area contributed by atoms with E-state index >= 15 is 0 Å². The molecular formula is C8H20O3. The van der Waals surface area contributed by atoms with Crippen molar-refractivity contribution < 1.29 is 14.9 Å². The van der Waals surface area contributed by atoms with Gasteiger partial charge in [0.2, 0.25) is 0 Å². The molecule has 0 aliphatic rings. The number of rotatable bonds is 4. The van der Waals surface area contributed by atoms with Crippen LogP contribution in [0.2, 0.25) is 0 Å². The van der Waals surface area contributed by atoms with Crippen LogP contribution in [0.25, 0.3) is 0 Å². The summed E-state index contributed by atoms with van der Waals surface area (Å²) in [7, 11) is 0. The van der Waals surface area contributed by atoms with Gasteiger partial charge in [-0.25, -0.2) is 0 Å². The largest absolute Gasteiger partial charge is 0.394 e. The van der Waals surface area contributed by atoms with E-state index in [1.807, 2.05) is 13.8 Å². The summed E-state index contributed by atoms with van der Waals surface area (Å²) in [5.41, 5.74) is 0. The Morgan fingerprint density at radius 2 is 1.82 bits per heavy atom. The average Bonchev–Trinajstić information content (AvgIpc) is 2.02. The van der Waals surface area contributed by atoms with Crippen LogP contribution in [-0.2, 0) is 4.74 Å². The Labute approximate surface area is 69.0 Å². The number of aliphatic hydroxyl groups excluding tert-OH is 2. The highest BCUT2D eigenvalue weighted by atomic mass is 16.5. The van der Waals surface area contributed by atoms with Gasteiger partial charge in [-0.3, -0.25) is 0 Å². The summed E-state index contributed by atoms with van der Waals surface area (Å²) in [5, 5.41) is 16.4. The fraction of sp³-hybridized carbons (Fsp3) is 1.00. The average molecular weight is 164 g/mol. The van der Waals surface area contributed by atoms with E-state index in [1.54, 1.807) is 6.92 Å². The van der Waals surface area contributed by atoms with Gasteiger partial charge in [0.15, 0.2) is 0 Å². The van der Waals surface area contributed by atoms with Crippen molar-refractivity contribution in [2.24, 2.45) is 0 Å². The molecule has 3 nitrogen and oxygen atoms in total. The van der Waals surface area contributed by atoms with E-state index in [-0.39, 0.29) is 12.7 Å². The lowest BCUT2D eigenvalue weighted by molar-refractivity contribution is 0.102. The van der Waals surface area contributed by atoms with Crippen LogP contribution in [0.5, 0.6) is 0 Å². The highest BCUT2D eigenvalue weighted by Gasteiger charge is 1.81. The Kier molecular flexibility index (Phi) is 15.4. The second-order valence-corrected chi connectivity index (χ2v) is 2.18. The van der Waals surface area contributed by atoms with Crippen LogP contribution in [-0.4, -0.2) is 36.1 Å². The molecule has 0 rings (SSSR count). The van der Waals surface area contributed by atoms with Crippen molar-refractivity contribution in [3.05, 3.63) is 0 Å². The van der Waals surface area contributed by atoms with Crippen LogP contribution in [0.1, 0.15) is 27.2 Å². The summed E-state index contributed by atoms with van der Waals surface area (Å²) in [6, 6.07) is 0. The molecule has 0 heterocycles. The molecule has 0 fully saturated rings. The van der Waals surface area contributed by atoms with Crippen molar-refractivity contribution in [2.75, 3.05) is 19.8 Å². The van der Waals surface area contributed by atoms with Crippen molar-refractivity contribution in [3.8, 4) is 0 Å². The molecule has 0 aliphatic carbocycles. The van der Waals surface area contributed by atoms with Crippen LogP contribution < -0.4 is 0 Å². The van der Waals surface area contributed by atoms with Crippen LogP contribution in [0.15, 0.2) is 0 Å². The molecule has 0 radical (unpaired) electrons. The van der Waals surface area contributed by atoms with Crippen molar-refractivity contribution in [1.29, 1.82) is 0 Å². The highest BCUT2D eigenvalue weighted by molar-refractivity contribution is 4.34. The molecule has 70 valence electrons. The minimum Gasteiger partial charge on any atom is -0.394 e. The van der Waals surface area contributed by atoms with Gasteiger partial charge in [0.25, 0.3) is 0 Å². The van der Waals surface area contributed by atoms with Crippen molar-refractivity contribution in [1.82, 2.24) is 0 Å². The molecule has 0 aromatic carbocycles. The minimum absolute atomic E-state index is 0.116. The molecule has 0 amide bonds. The molecule has 0 bridgehead atoms. The summed E-state index contributed by atoms with van der Waals surface area (Å²) >= 11 is 0. The lowest BCUT2D eigenvalue weighted by atomic mass is 10.3. The van der Waals surface area contributed by atoms with E-state index in [4.69, 9.17) is 14.9 Å². The van der Waals surface area contributed by atoms with Gasteiger partial charge in [0.05, 0.1) is 19.3 Å². The molecular weight excluding hydrogens is 144 g/mol.